The van der Waals surface area contributed by atoms with Crippen molar-refractivity contribution in [3.63, 3.8) is 0 Å². The Morgan fingerprint density at radius 2 is 1.73 bits per heavy atom. The second kappa shape index (κ2) is 8.53. The van der Waals surface area contributed by atoms with E-state index < -0.39 is 0 Å². The van der Waals surface area contributed by atoms with Crippen LogP contribution in [-0.4, -0.2) is 10.9 Å². The van der Waals surface area contributed by atoms with Gasteiger partial charge in [-0.3, -0.25) is 9.59 Å². The molecule has 2 aromatic carbocycles. The summed E-state index contributed by atoms with van der Waals surface area (Å²) in [5, 5.41) is 5.99. The maximum atomic E-state index is 12.3. The molecule has 0 atom stereocenters. The molecule has 0 aliphatic carbocycles. The zero-order chi connectivity index (χ0) is 17.6. The summed E-state index contributed by atoms with van der Waals surface area (Å²) in [5.74, 6) is -0.210. The lowest BCUT2D eigenvalue weighted by Crippen LogP contribution is -2.13. The van der Waals surface area contributed by atoms with E-state index in [0.29, 0.717) is 23.5 Å². The molecule has 134 valence electrons. The molecular formula is C20H22N4O2. The van der Waals surface area contributed by atoms with E-state index in [1.54, 1.807) is 36.5 Å². The van der Waals surface area contributed by atoms with E-state index in [2.05, 4.69) is 15.6 Å². The van der Waals surface area contributed by atoms with E-state index in [1.165, 1.54) is 6.07 Å². The number of carbonyl (C=O) groups excluding carboxylic acids is 1. The number of anilines is 3. The lowest BCUT2D eigenvalue weighted by Gasteiger charge is -2.09. The monoisotopic (exact) mass is 350 g/mol. The van der Waals surface area contributed by atoms with Gasteiger partial charge in [-0.15, -0.1) is 0 Å². The molecule has 6 heteroatoms. The van der Waals surface area contributed by atoms with Gasteiger partial charge in [-0.2, -0.15) is 0 Å². The maximum Gasteiger partial charge on any atom is 0.255 e. The fraction of sp³-hybridized carbons (Fsp3) is 0.100. The number of nitrogens with two attached hydrogens (primary N) is 1. The standard InChI is InChI=1S/C19H18N4O2.CH4/c20-16-3-1-2-4-17(16)23-19(25)14-7-5-13(6-8-14)11-21-15-9-10-18(24)22-12-15;/h1-10,12,21H,11,20H2,(H,22,24)(H,23,25);1H4. The Morgan fingerprint density at radius 1 is 1.00 bits per heavy atom. The third-order valence-electron chi connectivity index (χ3n) is 3.71. The predicted octanol–water partition coefficient (Wildman–Crippen LogP) is 3.46. The third-order valence-corrected chi connectivity index (χ3v) is 3.71. The van der Waals surface area contributed by atoms with Crippen molar-refractivity contribution >= 4 is 23.0 Å². The van der Waals surface area contributed by atoms with Crippen LogP contribution in [0.4, 0.5) is 17.1 Å². The van der Waals surface area contributed by atoms with Crippen LogP contribution in [0.2, 0.25) is 0 Å². The highest BCUT2D eigenvalue weighted by molar-refractivity contribution is 6.05. The molecule has 0 unspecified atom stereocenters. The van der Waals surface area contributed by atoms with E-state index in [1.807, 2.05) is 24.3 Å². The summed E-state index contributed by atoms with van der Waals surface area (Å²) in [5.41, 5.74) is 9.20. The van der Waals surface area contributed by atoms with Gasteiger partial charge in [0.1, 0.15) is 0 Å². The second-order valence-electron chi connectivity index (χ2n) is 5.53. The van der Waals surface area contributed by atoms with Crippen LogP contribution < -0.4 is 21.9 Å². The Bertz CT molecular complexity index is 913. The molecule has 0 aliphatic heterocycles. The Labute approximate surface area is 152 Å². The maximum absolute atomic E-state index is 12.3. The van der Waals surface area contributed by atoms with Crippen molar-refractivity contribution in [3.8, 4) is 0 Å². The number of hydrogen-bond donors (Lipinski definition) is 4. The number of aromatic amines is 1. The number of carbonyl (C=O) groups is 1. The Balaban J connectivity index is 0.00000243. The summed E-state index contributed by atoms with van der Waals surface area (Å²) < 4.78 is 0. The summed E-state index contributed by atoms with van der Waals surface area (Å²) in [6, 6.07) is 17.6. The van der Waals surface area contributed by atoms with Crippen LogP contribution in [0.15, 0.2) is 71.7 Å². The average molecular weight is 350 g/mol. The molecule has 0 aliphatic rings. The number of benzene rings is 2. The number of nitrogens with one attached hydrogen (secondary N) is 3. The van der Waals surface area contributed by atoms with Gasteiger partial charge < -0.3 is 21.4 Å². The molecule has 5 N–H and O–H groups in total. The van der Waals surface area contributed by atoms with Crippen molar-refractivity contribution in [2.75, 3.05) is 16.4 Å². The number of nitrogen functional groups attached to an aromatic ring is 1. The van der Waals surface area contributed by atoms with Crippen LogP contribution in [-0.2, 0) is 6.54 Å². The molecule has 3 rings (SSSR count). The summed E-state index contributed by atoms with van der Waals surface area (Å²) in [7, 11) is 0. The largest absolute Gasteiger partial charge is 0.397 e. The zero-order valence-electron chi connectivity index (χ0n) is 13.5. The molecule has 0 saturated heterocycles. The highest BCUT2D eigenvalue weighted by atomic mass is 16.1. The van der Waals surface area contributed by atoms with E-state index in [0.717, 1.165) is 11.3 Å². The molecule has 26 heavy (non-hydrogen) atoms. The predicted molar refractivity (Wildman–Crippen MR) is 106 cm³/mol. The summed E-state index contributed by atoms with van der Waals surface area (Å²) >= 11 is 0. The fourth-order valence-corrected chi connectivity index (χ4v) is 2.30. The average Bonchev–Trinajstić information content (AvgIpc) is 2.63. The highest BCUT2D eigenvalue weighted by Gasteiger charge is 2.07. The number of rotatable bonds is 5. The van der Waals surface area contributed by atoms with Crippen molar-refractivity contribution in [2.24, 2.45) is 0 Å². The smallest absolute Gasteiger partial charge is 0.255 e. The Hall–Kier alpha value is -3.54. The van der Waals surface area contributed by atoms with E-state index in [-0.39, 0.29) is 18.9 Å². The number of para-hydroxylation sites is 2. The van der Waals surface area contributed by atoms with Crippen molar-refractivity contribution < 1.29 is 4.79 Å². The third kappa shape index (κ3) is 4.73. The van der Waals surface area contributed by atoms with Gasteiger partial charge in [0, 0.05) is 24.4 Å². The van der Waals surface area contributed by atoms with Crippen molar-refractivity contribution in [3.05, 3.63) is 88.3 Å². The first-order chi connectivity index (χ1) is 12.1. The molecule has 0 bridgehead atoms. The van der Waals surface area contributed by atoms with Crippen LogP contribution in [0, 0.1) is 0 Å². The topological polar surface area (TPSA) is 100 Å². The van der Waals surface area contributed by atoms with Gasteiger partial charge in [0.15, 0.2) is 0 Å². The van der Waals surface area contributed by atoms with E-state index in [4.69, 9.17) is 5.73 Å². The summed E-state index contributed by atoms with van der Waals surface area (Å²) in [6.45, 7) is 0.583. The zero-order valence-corrected chi connectivity index (χ0v) is 13.5. The second-order valence-corrected chi connectivity index (χ2v) is 5.53. The van der Waals surface area contributed by atoms with E-state index in [9.17, 15) is 9.59 Å². The molecule has 3 aromatic rings. The molecule has 1 aromatic heterocycles. The molecule has 0 fully saturated rings. The number of amides is 1. The summed E-state index contributed by atoms with van der Waals surface area (Å²) in [4.78, 5) is 25.9. The molecular weight excluding hydrogens is 328 g/mol. The number of H-pyrrole nitrogens is 1. The molecule has 0 spiro atoms. The van der Waals surface area contributed by atoms with Gasteiger partial charge in [-0.05, 0) is 35.9 Å². The highest BCUT2D eigenvalue weighted by Crippen LogP contribution is 2.18. The van der Waals surface area contributed by atoms with Crippen molar-refractivity contribution in [1.82, 2.24) is 4.98 Å². The number of aromatic nitrogens is 1. The first-order valence-electron chi connectivity index (χ1n) is 7.79. The SMILES string of the molecule is C.Nc1ccccc1NC(=O)c1ccc(CNc2ccc(=O)[nH]c2)cc1. The fourth-order valence-electron chi connectivity index (χ4n) is 2.30. The van der Waals surface area contributed by atoms with Crippen LogP contribution in [0.25, 0.3) is 0 Å². The van der Waals surface area contributed by atoms with Crippen LogP contribution in [0.3, 0.4) is 0 Å². The van der Waals surface area contributed by atoms with Gasteiger partial charge >= 0.3 is 0 Å². The lowest BCUT2D eigenvalue weighted by molar-refractivity contribution is 0.102. The lowest BCUT2D eigenvalue weighted by atomic mass is 10.1. The van der Waals surface area contributed by atoms with Gasteiger partial charge in [0.25, 0.3) is 5.91 Å². The van der Waals surface area contributed by atoms with Crippen LogP contribution in [0.1, 0.15) is 23.3 Å². The summed E-state index contributed by atoms with van der Waals surface area (Å²) in [6.07, 6.45) is 1.62. The number of hydrogen-bond acceptors (Lipinski definition) is 4. The Kier molecular flexibility index (Phi) is 6.16. The van der Waals surface area contributed by atoms with Crippen LogP contribution >= 0.6 is 0 Å². The normalized spacial score (nSPS) is 9.85. The first kappa shape index (κ1) is 18.8. The molecule has 1 amide bonds. The number of pyridine rings is 1. The van der Waals surface area contributed by atoms with Gasteiger partial charge in [-0.1, -0.05) is 31.7 Å². The minimum Gasteiger partial charge on any atom is -0.397 e. The quantitative estimate of drug-likeness (QED) is 0.529. The molecule has 0 saturated carbocycles. The molecule has 1 heterocycles. The van der Waals surface area contributed by atoms with Gasteiger partial charge in [0.05, 0.1) is 17.1 Å². The van der Waals surface area contributed by atoms with Crippen molar-refractivity contribution in [2.45, 2.75) is 14.0 Å². The van der Waals surface area contributed by atoms with Crippen molar-refractivity contribution in [1.29, 1.82) is 0 Å². The Morgan fingerprint density at radius 3 is 2.38 bits per heavy atom. The van der Waals surface area contributed by atoms with Gasteiger partial charge in [-0.25, -0.2) is 0 Å². The van der Waals surface area contributed by atoms with E-state index >= 15 is 0 Å². The minimum atomic E-state index is -0.210. The van der Waals surface area contributed by atoms with Gasteiger partial charge in [0.2, 0.25) is 5.56 Å². The first-order valence-corrected chi connectivity index (χ1v) is 7.79. The molecule has 6 nitrogen and oxygen atoms in total. The molecule has 0 radical (unpaired) electrons. The van der Waals surface area contributed by atoms with Crippen LogP contribution in [0.5, 0.6) is 0 Å². The minimum absolute atomic E-state index is 0.